The molecule has 0 aromatic carbocycles. The second kappa shape index (κ2) is 4.00. The molecular weight excluding hydrogens is 204 g/mol. The van der Waals surface area contributed by atoms with Crippen LogP contribution in [0, 0.1) is 11.3 Å². The summed E-state index contributed by atoms with van der Waals surface area (Å²) >= 11 is 0. The predicted molar refractivity (Wildman–Crippen MR) is 61.9 cm³/mol. The van der Waals surface area contributed by atoms with E-state index in [9.17, 15) is 4.79 Å². The third-order valence-electron chi connectivity index (χ3n) is 3.86. The Bertz CT molecular complexity index is 291. The summed E-state index contributed by atoms with van der Waals surface area (Å²) in [6.07, 6.45) is 1.03. The summed E-state index contributed by atoms with van der Waals surface area (Å²) in [5.41, 5.74) is 5.79. The molecular formula is C12H22N2O2. The Morgan fingerprint density at radius 2 is 2.19 bits per heavy atom. The molecule has 1 saturated carbocycles. The maximum atomic E-state index is 12.3. The molecule has 4 nitrogen and oxygen atoms in total. The van der Waals surface area contributed by atoms with Crippen molar-refractivity contribution in [2.24, 2.45) is 17.1 Å². The standard InChI is InChI=1S/C12H22N2O2/c1-8-7-16-9(5-13)6-14(8)11(15)10-4-12(10,2)3/h8-10H,4-7,13H2,1-3H3. The molecule has 1 heterocycles. The van der Waals surface area contributed by atoms with Crippen LogP contribution in [0.15, 0.2) is 0 Å². The summed E-state index contributed by atoms with van der Waals surface area (Å²) in [6.45, 7) is 8.11. The quantitative estimate of drug-likeness (QED) is 0.750. The molecule has 1 aliphatic carbocycles. The number of morpholine rings is 1. The zero-order valence-electron chi connectivity index (χ0n) is 10.4. The van der Waals surface area contributed by atoms with Crippen LogP contribution in [0.1, 0.15) is 27.2 Å². The fourth-order valence-electron chi connectivity index (χ4n) is 2.36. The second-order valence-corrected chi connectivity index (χ2v) is 5.78. The van der Waals surface area contributed by atoms with Crippen LogP contribution in [0.4, 0.5) is 0 Å². The Kier molecular flexibility index (Phi) is 2.97. The number of rotatable bonds is 2. The maximum Gasteiger partial charge on any atom is 0.226 e. The highest BCUT2D eigenvalue weighted by molar-refractivity contribution is 5.83. The number of hydrogen-bond acceptors (Lipinski definition) is 3. The van der Waals surface area contributed by atoms with Crippen molar-refractivity contribution in [3.8, 4) is 0 Å². The highest BCUT2D eigenvalue weighted by Gasteiger charge is 2.52. The lowest BCUT2D eigenvalue weighted by Crippen LogP contribution is -2.53. The molecule has 0 bridgehead atoms. The van der Waals surface area contributed by atoms with Gasteiger partial charge in [-0.25, -0.2) is 0 Å². The summed E-state index contributed by atoms with van der Waals surface area (Å²) in [4.78, 5) is 14.2. The maximum absolute atomic E-state index is 12.3. The van der Waals surface area contributed by atoms with Crippen LogP contribution in [0.5, 0.6) is 0 Å². The zero-order valence-corrected chi connectivity index (χ0v) is 10.4. The Morgan fingerprint density at radius 1 is 1.56 bits per heavy atom. The van der Waals surface area contributed by atoms with Crippen molar-refractivity contribution in [3.63, 3.8) is 0 Å². The van der Waals surface area contributed by atoms with Crippen molar-refractivity contribution in [2.45, 2.75) is 39.3 Å². The van der Waals surface area contributed by atoms with E-state index in [0.717, 1.165) is 6.42 Å². The molecule has 1 aliphatic heterocycles. The summed E-state index contributed by atoms with van der Waals surface area (Å²) in [7, 11) is 0. The van der Waals surface area contributed by atoms with Gasteiger partial charge in [-0.1, -0.05) is 13.8 Å². The summed E-state index contributed by atoms with van der Waals surface area (Å²) < 4.78 is 5.55. The van der Waals surface area contributed by atoms with Crippen molar-refractivity contribution in [1.82, 2.24) is 4.90 Å². The van der Waals surface area contributed by atoms with Crippen LogP contribution in [0.3, 0.4) is 0 Å². The lowest BCUT2D eigenvalue weighted by molar-refractivity contribution is -0.145. The molecule has 2 aliphatic rings. The van der Waals surface area contributed by atoms with Gasteiger partial charge in [-0.3, -0.25) is 4.79 Å². The van der Waals surface area contributed by atoms with Gasteiger partial charge in [-0.05, 0) is 18.8 Å². The topological polar surface area (TPSA) is 55.6 Å². The highest BCUT2D eigenvalue weighted by atomic mass is 16.5. The summed E-state index contributed by atoms with van der Waals surface area (Å²) in [5.74, 6) is 0.505. The van der Waals surface area contributed by atoms with E-state index in [2.05, 4.69) is 13.8 Å². The van der Waals surface area contributed by atoms with E-state index in [4.69, 9.17) is 10.5 Å². The molecule has 2 N–H and O–H groups in total. The third kappa shape index (κ3) is 2.09. The van der Waals surface area contributed by atoms with Gasteiger partial charge in [0.2, 0.25) is 5.91 Å². The van der Waals surface area contributed by atoms with Gasteiger partial charge in [0, 0.05) is 19.0 Å². The molecule has 0 radical (unpaired) electrons. The number of carbonyl (C=O) groups is 1. The molecule has 0 aromatic heterocycles. The van der Waals surface area contributed by atoms with Gasteiger partial charge in [-0.2, -0.15) is 0 Å². The SMILES string of the molecule is CC1COC(CN)CN1C(=O)C1CC1(C)C. The van der Waals surface area contributed by atoms with E-state index in [1.807, 2.05) is 11.8 Å². The van der Waals surface area contributed by atoms with Gasteiger partial charge in [0.15, 0.2) is 0 Å². The van der Waals surface area contributed by atoms with E-state index >= 15 is 0 Å². The van der Waals surface area contributed by atoms with Crippen molar-refractivity contribution < 1.29 is 9.53 Å². The zero-order chi connectivity index (χ0) is 11.9. The average molecular weight is 226 g/mol. The van der Waals surface area contributed by atoms with Crippen LogP contribution >= 0.6 is 0 Å². The highest BCUT2D eigenvalue weighted by Crippen LogP contribution is 2.52. The summed E-state index contributed by atoms with van der Waals surface area (Å²) in [6, 6.07) is 0.187. The van der Waals surface area contributed by atoms with Crippen molar-refractivity contribution in [3.05, 3.63) is 0 Å². The molecule has 0 aromatic rings. The fraction of sp³-hybridized carbons (Fsp3) is 0.917. The molecule has 92 valence electrons. The molecule has 3 atom stereocenters. The van der Waals surface area contributed by atoms with Gasteiger partial charge in [0.1, 0.15) is 0 Å². The Morgan fingerprint density at radius 3 is 2.69 bits per heavy atom. The average Bonchev–Trinajstić information content (AvgIpc) is 2.87. The first kappa shape index (κ1) is 11.9. The number of amides is 1. The Balaban J connectivity index is 1.99. The number of ether oxygens (including phenoxy) is 1. The minimum Gasteiger partial charge on any atom is -0.373 e. The first-order valence-corrected chi connectivity index (χ1v) is 6.08. The molecule has 3 unspecified atom stereocenters. The first-order valence-electron chi connectivity index (χ1n) is 6.08. The van der Waals surface area contributed by atoms with Crippen molar-refractivity contribution >= 4 is 5.91 Å². The van der Waals surface area contributed by atoms with Gasteiger partial charge < -0.3 is 15.4 Å². The van der Waals surface area contributed by atoms with E-state index in [-0.39, 0.29) is 23.5 Å². The van der Waals surface area contributed by atoms with E-state index < -0.39 is 0 Å². The van der Waals surface area contributed by atoms with Crippen molar-refractivity contribution in [1.29, 1.82) is 0 Å². The lowest BCUT2D eigenvalue weighted by Gasteiger charge is -2.38. The smallest absolute Gasteiger partial charge is 0.226 e. The van der Waals surface area contributed by atoms with E-state index in [0.29, 0.717) is 25.6 Å². The molecule has 1 saturated heterocycles. The molecule has 0 spiro atoms. The molecule has 16 heavy (non-hydrogen) atoms. The number of nitrogens with two attached hydrogens (primary N) is 1. The van der Waals surface area contributed by atoms with Gasteiger partial charge in [0.25, 0.3) is 0 Å². The Labute approximate surface area is 97.1 Å². The molecule has 2 rings (SSSR count). The van der Waals surface area contributed by atoms with Gasteiger partial charge in [-0.15, -0.1) is 0 Å². The van der Waals surface area contributed by atoms with Crippen LogP contribution in [-0.4, -0.2) is 42.6 Å². The van der Waals surface area contributed by atoms with Crippen LogP contribution in [0.2, 0.25) is 0 Å². The minimum atomic E-state index is 0.0158. The molecule has 4 heteroatoms. The Hall–Kier alpha value is -0.610. The number of hydrogen-bond donors (Lipinski definition) is 1. The monoisotopic (exact) mass is 226 g/mol. The summed E-state index contributed by atoms with van der Waals surface area (Å²) in [5, 5.41) is 0. The predicted octanol–water partition coefficient (Wildman–Crippen LogP) is 0.607. The van der Waals surface area contributed by atoms with Gasteiger partial charge in [0.05, 0.1) is 18.8 Å². The number of carbonyl (C=O) groups excluding carboxylic acids is 1. The van der Waals surface area contributed by atoms with Gasteiger partial charge >= 0.3 is 0 Å². The van der Waals surface area contributed by atoms with E-state index in [1.165, 1.54) is 0 Å². The van der Waals surface area contributed by atoms with E-state index in [1.54, 1.807) is 0 Å². The largest absolute Gasteiger partial charge is 0.373 e. The first-order chi connectivity index (χ1) is 7.45. The molecule has 2 fully saturated rings. The van der Waals surface area contributed by atoms with Crippen molar-refractivity contribution in [2.75, 3.05) is 19.7 Å². The third-order valence-corrected chi connectivity index (χ3v) is 3.86. The van der Waals surface area contributed by atoms with Crippen LogP contribution in [-0.2, 0) is 9.53 Å². The minimum absolute atomic E-state index is 0.0158. The fourth-order valence-corrected chi connectivity index (χ4v) is 2.36. The molecule has 1 amide bonds. The van der Waals surface area contributed by atoms with Crippen LogP contribution < -0.4 is 5.73 Å². The normalized spacial score (nSPS) is 37.2. The lowest BCUT2D eigenvalue weighted by atomic mass is 10.1. The van der Waals surface area contributed by atoms with Crippen LogP contribution in [0.25, 0.3) is 0 Å². The second-order valence-electron chi connectivity index (χ2n) is 5.78. The number of nitrogens with zero attached hydrogens (tertiary/aromatic N) is 1.